The molecular formula is C22H20O4S3. The highest BCUT2D eigenvalue weighted by Crippen LogP contribution is 2.45. The van der Waals surface area contributed by atoms with E-state index in [9.17, 15) is 9.59 Å². The number of aryl methyl sites for hydroxylation is 1. The molecule has 0 fully saturated rings. The molecule has 0 atom stereocenters. The Morgan fingerprint density at radius 2 is 1.59 bits per heavy atom. The molecule has 0 aliphatic rings. The number of benzene rings is 1. The Labute approximate surface area is 180 Å². The average molecular weight is 445 g/mol. The molecule has 4 nitrogen and oxygen atoms in total. The van der Waals surface area contributed by atoms with Crippen molar-refractivity contribution in [3.05, 3.63) is 46.3 Å². The second-order valence-corrected chi connectivity index (χ2v) is 9.42. The third-order valence-electron chi connectivity index (χ3n) is 4.63. The molecule has 1 aromatic carbocycles. The van der Waals surface area contributed by atoms with Gasteiger partial charge in [0.1, 0.15) is 0 Å². The Morgan fingerprint density at radius 3 is 2.28 bits per heavy atom. The molecule has 0 radical (unpaired) electrons. The van der Waals surface area contributed by atoms with Gasteiger partial charge in [0.2, 0.25) is 0 Å². The number of carbonyl (C=O) groups is 2. The van der Waals surface area contributed by atoms with E-state index in [4.69, 9.17) is 9.47 Å². The summed E-state index contributed by atoms with van der Waals surface area (Å²) in [5, 5.41) is 2.10. The zero-order chi connectivity index (χ0) is 20.5. The average Bonchev–Trinajstić information content (AvgIpc) is 3.39. The summed E-state index contributed by atoms with van der Waals surface area (Å²) in [5.74, 6) is -0.731. The zero-order valence-corrected chi connectivity index (χ0v) is 18.8. The molecule has 0 saturated heterocycles. The molecule has 0 aliphatic heterocycles. The topological polar surface area (TPSA) is 52.6 Å². The predicted molar refractivity (Wildman–Crippen MR) is 122 cm³/mol. The molecule has 7 heteroatoms. The van der Waals surface area contributed by atoms with Crippen molar-refractivity contribution in [2.75, 3.05) is 13.2 Å². The van der Waals surface area contributed by atoms with Gasteiger partial charge in [-0.05, 0) is 55.5 Å². The SMILES string of the molecule is CCOC(=O)c1cc(-c2cc3sc4ccsc4c3s2)c(C(=O)OCC)cc1CC. The first kappa shape index (κ1) is 20.1. The maximum Gasteiger partial charge on any atom is 0.338 e. The lowest BCUT2D eigenvalue weighted by molar-refractivity contribution is 0.0511. The van der Waals surface area contributed by atoms with Crippen LogP contribution in [0.2, 0.25) is 0 Å². The van der Waals surface area contributed by atoms with Crippen LogP contribution in [0.1, 0.15) is 47.1 Å². The first-order chi connectivity index (χ1) is 14.1. The standard InChI is InChI=1S/C22H20O4S3/c1-4-12-9-15(22(24)26-6-3)14(10-13(12)21(23)25-5-2)17-11-18-20(29-17)19-16(28-18)7-8-27-19/h7-11H,4-6H2,1-3H3. The fraction of sp³-hybridized carbons (Fsp3) is 0.273. The highest BCUT2D eigenvalue weighted by atomic mass is 32.1. The van der Waals surface area contributed by atoms with Gasteiger partial charge in [0.15, 0.2) is 0 Å². The van der Waals surface area contributed by atoms with Crippen LogP contribution in [0.15, 0.2) is 29.6 Å². The number of thiophene rings is 3. The summed E-state index contributed by atoms with van der Waals surface area (Å²) in [4.78, 5) is 26.2. The Hall–Kier alpha value is -2.22. The number of fused-ring (bicyclic) bond motifs is 3. The van der Waals surface area contributed by atoms with Crippen LogP contribution in [0.25, 0.3) is 29.2 Å². The summed E-state index contributed by atoms with van der Waals surface area (Å²) >= 11 is 5.12. The van der Waals surface area contributed by atoms with Gasteiger partial charge in [0.25, 0.3) is 0 Å². The van der Waals surface area contributed by atoms with Crippen LogP contribution in [-0.2, 0) is 15.9 Å². The Balaban J connectivity index is 1.92. The molecule has 0 aliphatic carbocycles. The van der Waals surface area contributed by atoms with Crippen LogP contribution >= 0.6 is 34.0 Å². The van der Waals surface area contributed by atoms with Gasteiger partial charge in [0.05, 0.1) is 33.7 Å². The molecule has 0 bridgehead atoms. The van der Waals surface area contributed by atoms with E-state index in [0.717, 1.165) is 16.0 Å². The van der Waals surface area contributed by atoms with Crippen molar-refractivity contribution in [2.24, 2.45) is 0 Å². The second-order valence-electron chi connectivity index (χ2n) is 6.37. The molecule has 4 rings (SSSR count). The maximum absolute atomic E-state index is 12.7. The number of esters is 2. The summed E-state index contributed by atoms with van der Waals surface area (Å²) in [5.41, 5.74) is 2.51. The highest BCUT2D eigenvalue weighted by Gasteiger charge is 2.23. The first-order valence-corrected chi connectivity index (χ1v) is 12.0. The predicted octanol–water partition coefficient (Wildman–Crippen LogP) is 6.76. The van der Waals surface area contributed by atoms with Crippen LogP contribution < -0.4 is 0 Å². The van der Waals surface area contributed by atoms with E-state index in [-0.39, 0.29) is 11.9 Å². The number of rotatable bonds is 6. The van der Waals surface area contributed by atoms with Crippen LogP contribution in [0.3, 0.4) is 0 Å². The monoisotopic (exact) mass is 444 g/mol. The number of hydrogen-bond acceptors (Lipinski definition) is 7. The van der Waals surface area contributed by atoms with Gasteiger partial charge < -0.3 is 9.47 Å². The third kappa shape index (κ3) is 3.58. The fourth-order valence-electron chi connectivity index (χ4n) is 3.32. The minimum atomic E-state index is -0.370. The van der Waals surface area contributed by atoms with Crippen molar-refractivity contribution in [3.8, 4) is 10.4 Å². The minimum Gasteiger partial charge on any atom is -0.462 e. The van der Waals surface area contributed by atoms with Crippen molar-refractivity contribution >= 4 is 64.7 Å². The largest absolute Gasteiger partial charge is 0.462 e. The molecule has 4 aromatic rings. The smallest absolute Gasteiger partial charge is 0.338 e. The second kappa shape index (κ2) is 8.26. The van der Waals surface area contributed by atoms with Crippen molar-refractivity contribution < 1.29 is 19.1 Å². The molecule has 3 heterocycles. The van der Waals surface area contributed by atoms with Crippen molar-refractivity contribution in [2.45, 2.75) is 27.2 Å². The molecule has 0 N–H and O–H groups in total. The summed E-state index contributed by atoms with van der Waals surface area (Å²) in [7, 11) is 0. The van der Waals surface area contributed by atoms with E-state index in [1.54, 1.807) is 60.0 Å². The zero-order valence-electron chi connectivity index (χ0n) is 16.4. The molecule has 0 spiro atoms. The minimum absolute atomic E-state index is 0.300. The number of carbonyl (C=O) groups excluding carboxylic acids is 2. The Bertz CT molecular complexity index is 1210. The summed E-state index contributed by atoms with van der Waals surface area (Å²) in [6.07, 6.45) is 0.621. The molecule has 150 valence electrons. The van der Waals surface area contributed by atoms with Crippen molar-refractivity contribution in [1.29, 1.82) is 0 Å². The molecular weight excluding hydrogens is 424 g/mol. The van der Waals surface area contributed by atoms with E-state index < -0.39 is 0 Å². The lowest BCUT2D eigenvalue weighted by atomic mass is 9.96. The summed E-state index contributed by atoms with van der Waals surface area (Å²) in [6, 6.07) is 7.82. The molecule has 0 saturated carbocycles. The molecule has 0 amide bonds. The fourth-order valence-corrected chi connectivity index (χ4v) is 7.12. The first-order valence-electron chi connectivity index (χ1n) is 9.48. The van der Waals surface area contributed by atoms with E-state index >= 15 is 0 Å². The molecule has 3 aromatic heterocycles. The Morgan fingerprint density at radius 1 is 0.862 bits per heavy atom. The van der Waals surface area contributed by atoms with Crippen LogP contribution in [0.5, 0.6) is 0 Å². The van der Waals surface area contributed by atoms with Crippen molar-refractivity contribution in [1.82, 2.24) is 0 Å². The van der Waals surface area contributed by atoms with E-state index in [1.807, 2.05) is 6.92 Å². The van der Waals surface area contributed by atoms with Gasteiger partial charge in [-0.1, -0.05) is 6.92 Å². The van der Waals surface area contributed by atoms with Gasteiger partial charge in [-0.25, -0.2) is 9.59 Å². The van der Waals surface area contributed by atoms with Crippen LogP contribution in [0, 0.1) is 0 Å². The quantitative estimate of drug-likeness (QED) is 0.308. The molecule has 0 unspecified atom stereocenters. The third-order valence-corrected chi connectivity index (χ3v) is 8.24. The van der Waals surface area contributed by atoms with Crippen LogP contribution in [-0.4, -0.2) is 25.2 Å². The van der Waals surface area contributed by atoms with Gasteiger partial charge in [-0.3, -0.25) is 0 Å². The van der Waals surface area contributed by atoms with E-state index in [0.29, 0.717) is 30.8 Å². The number of hydrogen-bond donors (Lipinski definition) is 0. The highest BCUT2D eigenvalue weighted by molar-refractivity contribution is 7.39. The van der Waals surface area contributed by atoms with Gasteiger partial charge in [-0.2, -0.15) is 0 Å². The maximum atomic E-state index is 12.7. The van der Waals surface area contributed by atoms with E-state index in [1.165, 1.54) is 18.8 Å². The number of ether oxygens (including phenoxy) is 2. The lowest BCUT2D eigenvalue weighted by Crippen LogP contribution is -2.12. The lowest BCUT2D eigenvalue weighted by Gasteiger charge is -2.14. The van der Waals surface area contributed by atoms with Crippen molar-refractivity contribution in [3.63, 3.8) is 0 Å². The summed E-state index contributed by atoms with van der Waals surface area (Å²) in [6.45, 7) is 6.15. The van der Waals surface area contributed by atoms with E-state index in [2.05, 4.69) is 17.5 Å². The molecule has 29 heavy (non-hydrogen) atoms. The van der Waals surface area contributed by atoms with Gasteiger partial charge >= 0.3 is 11.9 Å². The normalized spacial score (nSPS) is 11.3. The Kier molecular flexibility index (Phi) is 5.72. The van der Waals surface area contributed by atoms with Gasteiger partial charge in [-0.15, -0.1) is 34.0 Å². The summed E-state index contributed by atoms with van der Waals surface area (Å²) < 4.78 is 15.5. The van der Waals surface area contributed by atoms with Crippen LogP contribution in [0.4, 0.5) is 0 Å². The van der Waals surface area contributed by atoms with Gasteiger partial charge in [0, 0.05) is 19.8 Å².